The fraction of sp³-hybridized carbons (Fsp3) is 0.569. The normalized spacial score (nSPS) is 22.8. The van der Waals surface area contributed by atoms with Crippen molar-refractivity contribution in [2.24, 2.45) is 11.1 Å². The summed E-state index contributed by atoms with van der Waals surface area (Å²) in [4.78, 5) is 65.4. The molecule has 3 aromatic heterocycles. The Kier molecular flexibility index (Phi) is 17.2. The molecule has 2 aromatic carbocycles. The van der Waals surface area contributed by atoms with E-state index in [4.69, 9.17) is 42.3 Å². The number of nitrogens with two attached hydrogens (primary N) is 2. The van der Waals surface area contributed by atoms with E-state index in [9.17, 15) is 37.1 Å². The molecule has 4 unspecified atom stereocenters. The van der Waals surface area contributed by atoms with Crippen LogP contribution >= 0.6 is 22.9 Å². The van der Waals surface area contributed by atoms with Gasteiger partial charge in [-0.25, -0.2) is 18.7 Å². The average molecular weight is 1200 g/mol. The maximum Gasteiger partial charge on any atom is 0.418 e. The summed E-state index contributed by atoms with van der Waals surface area (Å²) < 4.78 is 94.4. The molecule has 5 fully saturated rings. The summed E-state index contributed by atoms with van der Waals surface area (Å²) in [5, 5.41) is 17.2. The van der Waals surface area contributed by atoms with Gasteiger partial charge in [0.1, 0.15) is 41.1 Å². The van der Waals surface area contributed by atoms with Gasteiger partial charge in [-0.15, -0.1) is 11.3 Å². The van der Waals surface area contributed by atoms with Crippen LogP contribution in [0.25, 0.3) is 32.6 Å². The molecule has 1 aliphatic carbocycles. The minimum Gasteiger partial charge on any atom is -0.493 e. The zero-order valence-corrected chi connectivity index (χ0v) is 48.7. The lowest BCUT2D eigenvalue weighted by atomic mass is 9.82. The second-order valence-electron chi connectivity index (χ2n) is 23.9. The minimum atomic E-state index is -4.90. The molecular weight excluding hydrogens is 1130 g/mol. The van der Waals surface area contributed by atoms with Crippen molar-refractivity contribution < 1.29 is 55.7 Å². The van der Waals surface area contributed by atoms with Crippen LogP contribution in [0, 0.1) is 25.1 Å². The number of rotatable bonds is 21. The number of aryl methyl sites for hydroxylation is 2. The molecule has 0 radical (unpaired) electrons. The highest BCUT2D eigenvalue weighted by Gasteiger charge is 2.57. The van der Waals surface area contributed by atoms with Gasteiger partial charge in [-0.05, 0) is 106 Å². The number of pyridine rings is 1. The number of primary amides is 1. The number of nitrogen functional groups attached to an aromatic ring is 1. The molecule has 5 aliphatic rings. The summed E-state index contributed by atoms with van der Waals surface area (Å²) in [5.41, 5.74) is 8.46. The molecule has 448 valence electrons. The van der Waals surface area contributed by atoms with Gasteiger partial charge in [0.25, 0.3) is 5.91 Å². The number of β-amino-alcohol motifs (C(OH)–C–C–N with tert-alkyl or cyclic N) is 1. The number of piperazine rings is 1. The lowest BCUT2D eigenvalue weighted by Crippen LogP contribution is -2.64. The number of thiazole rings is 1. The van der Waals surface area contributed by atoms with Crippen LogP contribution in [-0.4, -0.2) is 153 Å². The second kappa shape index (κ2) is 23.8. The van der Waals surface area contributed by atoms with Gasteiger partial charge in [-0.3, -0.25) is 19.3 Å². The van der Waals surface area contributed by atoms with Gasteiger partial charge in [-0.2, -0.15) is 23.1 Å². The standard InChI is InChI=1S/C58H71ClF5N11O7S/c1-31-21-42(65)69-47(44(31)58(62,63)64)43-40(59)23-39-46(45(43)60)70-54(72-50(39)74-26-35-12-13-36(27-74)68-35)82-29-37-9-6-16-73(37)17-7-18-80-19-8-20-81-41-22-33(48-32(2)67-30-83-48)10-11-34(41)24-57(52(66)78)25-38(76)28-75(57)51(77)49(55(3,4)5)71-53(79)56(61)14-15-56/h10-11,21-23,30,35-38,49,68,76H,6-9,12-20,24-29H2,1-5H3,(H2,65,69)(H2,66,78)(H,71,79)/t35?,36?,37-,38?,49-,57?/m0/s1. The molecule has 3 amide bonds. The Bertz CT molecular complexity index is 3260. The second-order valence-corrected chi connectivity index (χ2v) is 25.2. The van der Waals surface area contributed by atoms with Gasteiger partial charge in [0.15, 0.2) is 11.5 Å². The van der Waals surface area contributed by atoms with Gasteiger partial charge in [0.2, 0.25) is 11.8 Å². The summed E-state index contributed by atoms with van der Waals surface area (Å²) in [6.45, 7) is 11.9. The largest absolute Gasteiger partial charge is 0.493 e. The number of carbonyl (C=O) groups is 3. The zero-order valence-electron chi connectivity index (χ0n) is 47.1. The van der Waals surface area contributed by atoms with Gasteiger partial charge in [-0.1, -0.05) is 44.5 Å². The van der Waals surface area contributed by atoms with Crippen molar-refractivity contribution in [2.75, 3.05) is 69.8 Å². The van der Waals surface area contributed by atoms with Crippen LogP contribution in [0.5, 0.6) is 11.8 Å². The van der Waals surface area contributed by atoms with E-state index in [0.717, 1.165) is 54.4 Å². The number of hydrogen-bond acceptors (Lipinski definition) is 16. The zero-order chi connectivity index (χ0) is 59.3. The van der Waals surface area contributed by atoms with E-state index in [1.807, 2.05) is 30.0 Å². The molecule has 0 spiro atoms. The van der Waals surface area contributed by atoms with E-state index in [1.165, 1.54) is 29.2 Å². The maximum absolute atomic E-state index is 17.0. The minimum absolute atomic E-state index is 0.0391. The number of nitrogens with one attached hydrogen (secondary N) is 2. The third kappa shape index (κ3) is 12.7. The topological polar surface area (TPSA) is 237 Å². The molecule has 2 bridgehead atoms. The summed E-state index contributed by atoms with van der Waals surface area (Å²) >= 11 is 8.16. The fourth-order valence-electron chi connectivity index (χ4n) is 12.3. The van der Waals surface area contributed by atoms with E-state index in [-0.39, 0.29) is 96.9 Å². The summed E-state index contributed by atoms with van der Waals surface area (Å²) in [6.07, 6.45) is -1.38. The van der Waals surface area contributed by atoms with Crippen LogP contribution in [0.2, 0.25) is 5.02 Å². The number of ether oxygens (including phenoxy) is 3. The van der Waals surface area contributed by atoms with Crippen molar-refractivity contribution in [1.29, 1.82) is 0 Å². The molecule has 18 nitrogen and oxygen atoms in total. The van der Waals surface area contributed by atoms with Crippen molar-refractivity contribution in [1.82, 2.24) is 40.4 Å². The van der Waals surface area contributed by atoms with Gasteiger partial charge >= 0.3 is 12.2 Å². The summed E-state index contributed by atoms with van der Waals surface area (Å²) in [6, 6.07) is 6.99. The number of hydrogen-bond donors (Lipinski definition) is 5. The Morgan fingerprint density at radius 1 is 0.988 bits per heavy atom. The molecule has 25 heteroatoms. The predicted molar refractivity (Wildman–Crippen MR) is 304 cm³/mol. The SMILES string of the molecule is Cc1cc(N)nc(-c2c(Cl)cc3c(N4CC5CCC(C4)N5)nc(OC[C@@H]4CCCN4CCCOCCCOc4cc(-c5scnc5C)ccc4CC4(C(N)=O)CC(O)CN4C(=O)[C@H](NC(=O)C4(F)CC4)C(C)(C)C)nc3c2F)c1C(F)(F)F. The molecular formula is C58H71ClF5N11O7S. The fourth-order valence-corrected chi connectivity index (χ4v) is 13.3. The number of fused-ring (bicyclic) bond motifs is 3. The van der Waals surface area contributed by atoms with E-state index < -0.39 is 75.3 Å². The first kappa shape index (κ1) is 60.1. The number of likely N-dealkylation sites (tertiary alicyclic amines) is 2. The lowest BCUT2D eigenvalue weighted by molar-refractivity contribution is -0.149. The number of amides is 3. The Balaban J connectivity index is 0.782. The third-order valence-corrected chi connectivity index (χ3v) is 18.0. The smallest absolute Gasteiger partial charge is 0.418 e. The van der Waals surface area contributed by atoms with Crippen LogP contribution in [0.1, 0.15) is 101 Å². The number of halogens is 6. The quantitative estimate of drug-likeness (QED) is 0.0347. The molecule has 10 rings (SSSR count). The highest BCUT2D eigenvalue weighted by atomic mass is 35.5. The molecule has 7 heterocycles. The Morgan fingerprint density at radius 3 is 2.40 bits per heavy atom. The van der Waals surface area contributed by atoms with Crippen molar-refractivity contribution >= 4 is 63.2 Å². The number of benzene rings is 2. The van der Waals surface area contributed by atoms with Crippen molar-refractivity contribution in [3.8, 4) is 33.5 Å². The molecule has 4 aliphatic heterocycles. The molecule has 5 aromatic rings. The molecule has 1 saturated carbocycles. The highest BCUT2D eigenvalue weighted by molar-refractivity contribution is 7.13. The van der Waals surface area contributed by atoms with Crippen LogP contribution < -0.4 is 36.5 Å². The number of alkyl halides is 4. The first-order valence-electron chi connectivity index (χ1n) is 28.3. The van der Waals surface area contributed by atoms with Gasteiger partial charge in [0, 0.05) is 82.2 Å². The lowest BCUT2D eigenvalue weighted by Gasteiger charge is -2.41. The van der Waals surface area contributed by atoms with Crippen LogP contribution in [0.15, 0.2) is 35.8 Å². The van der Waals surface area contributed by atoms with Gasteiger partial charge in [0.05, 0.1) is 50.6 Å². The van der Waals surface area contributed by atoms with Crippen LogP contribution in [0.4, 0.5) is 33.6 Å². The predicted octanol–water partition coefficient (Wildman–Crippen LogP) is 7.88. The maximum atomic E-state index is 17.0. The number of aliphatic hydroxyl groups is 1. The molecule has 4 saturated heterocycles. The van der Waals surface area contributed by atoms with Crippen molar-refractivity contribution in [3.63, 3.8) is 0 Å². The first-order valence-corrected chi connectivity index (χ1v) is 29.5. The monoisotopic (exact) mass is 1200 g/mol. The number of aromatic nitrogens is 4. The average Bonchev–Trinajstić information content (AvgIpc) is 3.97. The number of anilines is 2. The highest BCUT2D eigenvalue weighted by Crippen LogP contribution is 2.46. The molecule has 6 atom stereocenters. The van der Waals surface area contributed by atoms with E-state index in [1.54, 1.807) is 26.3 Å². The van der Waals surface area contributed by atoms with Crippen molar-refractivity contribution in [3.05, 3.63) is 69.1 Å². The van der Waals surface area contributed by atoms with E-state index in [2.05, 4.69) is 30.5 Å². The van der Waals surface area contributed by atoms with Crippen LogP contribution in [-0.2, 0) is 31.7 Å². The number of aliphatic hydroxyl groups excluding tert-OH is 1. The molecule has 83 heavy (non-hydrogen) atoms. The first-order chi connectivity index (χ1) is 39.3. The molecule has 7 N–H and O–H groups in total. The summed E-state index contributed by atoms with van der Waals surface area (Å²) in [7, 11) is 0. The van der Waals surface area contributed by atoms with E-state index in [0.29, 0.717) is 62.8 Å². The van der Waals surface area contributed by atoms with Gasteiger partial charge < -0.3 is 51.2 Å². The Labute approximate surface area is 487 Å². The number of nitrogens with zero attached hydrogens (tertiary/aromatic N) is 7. The summed E-state index contributed by atoms with van der Waals surface area (Å²) in [5.74, 6) is -2.90. The van der Waals surface area contributed by atoms with Crippen molar-refractivity contribution in [2.45, 2.75) is 146 Å². The van der Waals surface area contributed by atoms with Crippen LogP contribution in [0.3, 0.4) is 0 Å². The third-order valence-electron chi connectivity index (χ3n) is 16.7. The number of carbonyl (C=O) groups excluding carboxylic acids is 3. The Hall–Kier alpha value is -6.05. The Morgan fingerprint density at radius 2 is 1.72 bits per heavy atom. The van der Waals surface area contributed by atoms with E-state index >= 15 is 4.39 Å².